The van der Waals surface area contributed by atoms with Crippen molar-refractivity contribution < 1.29 is 29.1 Å². The molecule has 1 fully saturated rings. The summed E-state index contributed by atoms with van der Waals surface area (Å²) in [6, 6.07) is -0.0660. The summed E-state index contributed by atoms with van der Waals surface area (Å²) in [5, 5.41) is 8.93. The van der Waals surface area contributed by atoms with Gasteiger partial charge in [-0.25, -0.2) is 4.57 Å². The molecular formula is C5H14NO6P. The fourth-order valence-electron chi connectivity index (χ4n) is 0.739. The van der Waals surface area contributed by atoms with E-state index in [9.17, 15) is 0 Å². The lowest BCUT2D eigenvalue weighted by molar-refractivity contribution is -0.0182. The van der Waals surface area contributed by atoms with Gasteiger partial charge in [0.05, 0.1) is 12.7 Å². The molecule has 2 atom stereocenters. The van der Waals surface area contributed by atoms with Crippen LogP contribution in [0.2, 0.25) is 0 Å². The van der Waals surface area contributed by atoms with E-state index in [0.29, 0.717) is 13.2 Å². The Kier molecular flexibility index (Phi) is 5.66. The fraction of sp³-hybridized carbons (Fsp3) is 1.00. The van der Waals surface area contributed by atoms with E-state index in [1.807, 2.05) is 0 Å². The Balaban J connectivity index is 0.000000252. The molecule has 0 aromatic carbocycles. The van der Waals surface area contributed by atoms with Crippen molar-refractivity contribution in [2.45, 2.75) is 18.6 Å². The predicted molar refractivity (Wildman–Crippen MR) is 43.7 cm³/mol. The second-order valence-electron chi connectivity index (χ2n) is 2.61. The average Bonchev–Trinajstić information content (AvgIpc) is 1.92. The van der Waals surface area contributed by atoms with E-state index in [1.54, 1.807) is 0 Å². The molecule has 8 heteroatoms. The molecule has 1 saturated heterocycles. The van der Waals surface area contributed by atoms with Gasteiger partial charge < -0.3 is 30.3 Å². The number of aliphatic hydroxyl groups is 1. The van der Waals surface area contributed by atoms with Crippen LogP contribution in [0.1, 0.15) is 6.42 Å². The predicted octanol–water partition coefficient (Wildman–Crippen LogP) is -1.83. The van der Waals surface area contributed by atoms with Gasteiger partial charge in [0, 0.05) is 12.6 Å². The molecule has 7 nitrogen and oxygen atoms in total. The van der Waals surface area contributed by atoms with Crippen molar-refractivity contribution in [1.29, 1.82) is 0 Å². The van der Waals surface area contributed by atoms with Crippen molar-refractivity contribution in [3.8, 4) is 0 Å². The lowest BCUT2D eigenvalue weighted by Gasteiger charge is -2.23. The first-order valence-corrected chi connectivity index (χ1v) is 5.17. The number of phosphoric acid groups is 1. The molecule has 80 valence electrons. The summed E-state index contributed by atoms with van der Waals surface area (Å²) in [4.78, 5) is 21.6. The second kappa shape index (κ2) is 5.66. The highest BCUT2D eigenvalue weighted by Gasteiger charge is 2.18. The third kappa shape index (κ3) is 9.91. The molecule has 0 bridgehead atoms. The van der Waals surface area contributed by atoms with Crippen molar-refractivity contribution in [1.82, 2.24) is 0 Å². The minimum atomic E-state index is -4.64. The van der Waals surface area contributed by atoms with Gasteiger partial charge >= 0.3 is 7.82 Å². The maximum Gasteiger partial charge on any atom is 0.466 e. The van der Waals surface area contributed by atoms with Crippen LogP contribution in [0, 0.1) is 0 Å². The van der Waals surface area contributed by atoms with Gasteiger partial charge in [0.15, 0.2) is 0 Å². The van der Waals surface area contributed by atoms with Gasteiger partial charge in [0.25, 0.3) is 0 Å². The SMILES string of the molecule is N[C@@H]1CCOC[C@H]1O.O=P(O)(O)O. The Bertz CT molecular complexity index is 164. The summed E-state index contributed by atoms with van der Waals surface area (Å²) in [6.45, 7) is 1.10. The summed E-state index contributed by atoms with van der Waals surface area (Å²) in [6.07, 6.45) is 0.338. The molecule has 0 amide bonds. The van der Waals surface area contributed by atoms with Gasteiger partial charge in [-0.15, -0.1) is 0 Å². The van der Waals surface area contributed by atoms with E-state index in [1.165, 1.54) is 0 Å². The second-order valence-corrected chi connectivity index (χ2v) is 3.63. The molecule has 1 aliphatic rings. The third-order valence-corrected chi connectivity index (χ3v) is 1.38. The van der Waals surface area contributed by atoms with Gasteiger partial charge in [-0.1, -0.05) is 0 Å². The van der Waals surface area contributed by atoms with Crippen LogP contribution in [0.25, 0.3) is 0 Å². The largest absolute Gasteiger partial charge is 0.466 e. The molecule has 0 aliphatic carbocycles. The van der Waals surface area contributed by atoms with Crippen LogP contribution >= 0.6 is 7.82 Å². The maximum atomic E-state index is 8.93. The molecule has 6 N–H and O–H groups in total. The summed E-state index contributed by atoms with van der Waals surface area (Å²) < 4.78 is 13.8. The van der Waals surface area contributed by atoms with Gasteiger partial charge in [0.2, 0.25) is 0 Å². The first-order valence-electron chi connectivity index (χ1n) is 3.60. The van der Waals surface area contributed by atoms with E-state index in [0.717, 1.165) is 6.42 Å². The van der Waals surface area contributed by atoms with Crippen molar-refractivity contribution >= 4 is 7.82 Å². The van der Waals surface area contributed by atoms with E-state index < -0.39 is 13.9 Å². The molecule has 0 radical (unpaired) electrons. The normalized spacial score (nSPS) is 29.0. The standard InChI is InChI=1S/C5H11NO2.H3O4P/c6-4-1-2-8-3-5(4)7;1-5(2,3)4/h4-5,7H,1-3,6H2;(H3,1,2,3,4)/t4-,5-;/m1./s1. The fourth-order valence-corrected chi connectivity index (χ4v) is 0.739. The van der Waals surface area contributed by atoms with Crippen LogP contribution in [-0.2, 0) is 9.30 Å². The van der Waals surface area contributed by atoms with Gasteiger partial charge in [0.1, 0.15) is 0 Å². The van der Waals surface area contributed by atoms with Crippen LogP contribution in [0.4, 0.5) is 0 Å². The zero-order valence-electron chi connectivity index (χ0n) is 6.91. The van der Waals surface area contributed by atoms with Crippen LogP contribution in [-0.4, -0.2) is 45.1 Å². The number of hydrogen-bond donors (Lipinski definition) is 5. The van der Waals surface area contributed by atoms with Crippen LogP contribution in [0.15, 0.2) is 0 Å². The number of aliphatic hydroxyl groups excluding tert-OH is 1. The lowest BCUT2D eigenvalue weighted by Crippen LogP contribution is -2.42. The Morgan fingerprint density at radius 3 is 2.08 bits per heavy atom. The van der Waals surface area contributed by atoms with Crippen LogP contribution in [0.3, 0.4) is 0 Å². The summed E-state index contributed by atoms with van der Waals surface area (Å²) >= 11 is 0. The summed E-state index contributed by atoms with van der Waals surface area (Å²) in [5.41, 5.74) is 5.45. The highest BCUT2D eigenvalue weighted by atomic mass is 31.2. The zero-order chi connectivity index (χ0) is 10.5. The highest BCUT2D eigenvalue weighted by molar-refractivity contribution is 7.45. The third-order valence-electron chi connectivity index (χ3n) is 1.38. The quantitative estimate of drug-likeness (QED) is 0.300. The highest BCUT2D eigenvalue weighted by Crippen LogP contribution is 2.25. The number of ether oxygens (including phenoxy) is 1. The van der Waals surface area contributed by atoms with Gasteiger partial charge in [-0.3, -0.25) is 0 Å². The Labute approximate surface area is 75.4 Å². The Morgan fingerprint density at radius 1 is 1.38 bits per heavy atom. The minimum absolute atomic E-state index is 0.0660. The monoisotopic (exact) mass is 215 g/mol. The average molecular weight is 215 g/mol. The number of rotatable bonds is 0. The van der Waals surface area contributed by atoms with E-state index in [-0.39, 0.29) is 6.04 Å². The molecular weight excluding hydrogens is 201 g/mol. The maximum absolute atomic E-state index is 8.93. The van der Waals surface area contributed by atoms with E-state index in [2.05, 4.69) is 0 Å². The number of nitrogens with two attached hydrogens (primary N) is 1. The molecule has 0 spiro atoms. The first kappa shape index (κ1) is 13.0. The molecule has 0 saturated carbocycles. The van der Waals surface area contributed by atoms with Crippen LogP contribution in [0.5, 0.6) is 0 Å². The smallest absolute Gasteiger partial charge is 0.389 e. The molecule has 0 aromatic rings. The molecule has 1 rings (SSSR count). The van der Waals surface area contributed by atoms with Crippen molar-refractivity contribution in [3.63, 3.8) is 0 Å². The van der Waals surface area contributed by atoms with Crippen molar-refractivity contribution in [3.05, 3.63) is 0 Å². The summed E-state index contributed by atoms with van der Waals surface area (Å²) in [7, 11) is -4.64. The Morgan fingerprint density at radius 2 is 1.85 bits per heavy atom. The molecule has 1 aliphatic heterocycles. The molecule has 13 heavy (non-hydrogen) atoms. The topological polar surface area (TPSA) is 133 Å². The zero-order valence-corrected chi connectivity index (χ0v) is 7.80. The number of hydrogen-bond acceptors (Lipinski definition) is 4. The summed E-state index contributed by atoms with van der Waals surface area (Å²) in [5.74, 6) is 0. The van der Waals surface area contributed by atoms with Gasteiger partial charge in [-0.2, -0.15) is 0 Å². The Hall–Kier alpha value is -0.0100. The van der Waals surface area contributed by atoms with Crippen molar-refractivity contribution in [2.24, 2.45) is 5.73 Å². The molecule has 0 aromatic heterocycles. The lowest BCUT2D eigenvalue weighted by atomic mass is 10.1. The van der Waals surface area contributed by atoms with Crippen molar-refractivity contribution in [2.75, 3.05) is 13.2 Å². The van der Waals surface area contributed by atoms with Gasteiger partial charge in [-0.05, 0) is 6.42 Å². The van der Waals surface area contributed by atoms with Crippen LogP contribution < -0.4 is 5.73 Å². The molecule has 1 heterocycles. The molecule has 0 unspecified atom stereocenters. The first-order chi connectivity index (χ1) is 5.80. The van der Waals surface area contributed by atoms with E-state index in [4.69, 9.17) is 34.8 Å². The van der Waals surface area contributed by atoms with E-state index >= 15 is 0 Å². The minimum Gasteiger partial charge on any atom is -0.389 e.